The van der Waals surface area contributed by atoms with Crippen LogP contribution in [0.1, 0.15) is 37.9 Å². The van der Waals surface area contributed by atoms with Crippen molar-refractivity contribution in [1.82, 2.24) is 10.3 Å². The van der Waals surface area contributed by atoms with Gasteiger partial charge in [-0.15, -0.1) is 0 Å². The number of alkyl carbamates (subject to hydrolysis) is 1. The fourth-order valence-corrected chi connectivity index (χ4v) is 4.12. The number of benzene rings is 1. The molecule has 0 aliphatic carbocycles. The summed E-state index contributed by atoms with van der Waals surface area (Å²) in [5.41, 5.74) is -5.09. The lowest BCUT2D eigenvalue weighted by atomic mass is 9.83. The van der Waals surface area contributed by atoms with Crippen LogP contribution in [-0.4, -0.2) is 37.0 Å². The van der Waals surface area contributed by atoms with E-state index >= 15 is 0 Å². The van der Waals surface area contributed by atoms with Gasteiger partial charge < -0.3 is 19.1 Å². The monoisotopic (exact) mass is 501 g/mol. The molecule has 0 saturated carbocycles. The molecule has 13 heteroatoms. The van der Waals surface area contributed by atoms with Gasteiger partial charge in [0.05, 0.1) is 6.04 Å². The van der Waals surface area contributed by atoms with Crippen molar-refractivity contribution in [3.8, 4) is 5.88 Å². The molecule has 1 aliphatic rings. The van der Waals surface area contributed by atoms with E-state index in [0.717, 1.165) is 16.7 Å². The first-order valence-electron chi connectivity index (χ1n) is 10.1. The Bertz CT molecular complexity index is 1170. The lowest BCUT2D eigenvalue weighted by molar-refractivity contribution is -0.117. The lowest BCUT2D eigenvalue weighted by Gasteiger charge is -2.43. The van der Waals surface area contributed by atoms with Crippen molar-refractivity contribution in [1.29, 1.82) is 0 Å². The Morgan fingerprint density at radius 2 is 1.79 bits per heavy atom. The molecule has 34 heavy (non-hydrogen) atoms. The number of hydrogen-bond donors (Lipinski definition) is 1. The van der Waals surface area contributed by atoms with Crippen molar-refractivity contribution in [2.75, 3.05) is 4.90 Å². The smallest absolute Gasteiger partial charge is 0.445 e. The maximum absolute atomic E-state index is 12.9. The first kappa shape index (κ1) is 25.3. The zero-order valence-corrected chi connectivity index (χ0v) is 19.2. The van der Waals surface area contributed by atoms with Crippen molar-refractivity contribution >= 4 is 27.8 Å². The molecule has 0 bridgehead atoms. The van der Waals surface area contributed by atoms with Crippen LogP contribution in [0, 0.1) is 5.92 Å². The van der Waals surface area contributed by atoms with Crippen molar-refractivity contribution in [2.24, 2.45) is 5.92 Å². The minimum atomic E-state index is -6.06. The average molecular weight is 501 g/mol. The van der Waals surface area contributed by atoms with E-state index in [2.05, 4.69) is 14.5 Å². The zero-order valence-electron chi connectivity index (χ0n) is 18.4. The van der Waals surface area contributed by atoms with Gasteiger partial charge in [-0.1, -0.05) is 37.3 Å². The lowest BCUT2D eigenvalue weighted by Crippen LogP contribution is -2.51. The number of fused-ring (bicyclic) bond motifs is 1. The molecule has 2 heterocycles. The second kappa shape index (κ2) is 9.49. The maximum atomic E-state index is 12.9. The highest BCUT2D eigenvalue weighted by molar-refractivity contribution is 7.88. The van der Waals surface area contributed by atoms with Gasteiger partial charge in [0.15, 0.2) is 0 Å². The number of alkyl halides is 3. The Hall–Kier alpha value is -3.35. The van der Waals surface area contributed by atoms with Crippen LogP contribution in [0.15, 0.2) is 42.6 Å². The maximum Gasteiger partial charge on any atom is 0.534 e. The predicted molar refractivity (Wildman–Crippen MR) is 114 cm³/mol. The van der Waals surface area contributed by atoms with Crippen LogP contribution in [0.5, 0.6) is 5.88 Å². The highest BCUT2D eigenvalue weighted by Crippen LogP contribution is 2.45. The SMILES string of the molecule is CC(=O)N1c2c(ccnc2OS(=O)(=O)C(F)(F)F)C(NC(=O)OCc2ccccc2)[C@@H](C)[C@@H]1C. The van der Waals surface area contributed by atoms with Gasteiger partial charge in [0.25, 0.3) is 5.88 Å². The third kappa shape index (κ3) is 5.08. The molecule has 0 saturated heterocycles. The molecule has 1 aromatic carbocycles. The summed E-state index contributed by atoms with van der Waals surface area (Å²) in [6.07, 6.45) is 0.225. The number of rotatable bonds is 5. The Labute approximate surface area is 194 Å². The summed E-state index contributed by atoms with van der Waals surface area (Å²) < 4.78 is 71.6. The van der Waals surface area contributed by atoms with E-state index in [1.165, 1.54) is 13.0 Å². The largest absolute Gasteiger partial charge is 0.534 e. The Balaban J connectivity index is 1.97. The molecule has 0 spiro atoms. The fourth-order valence-electron chi connectivity index (χ4n) is 3.70. The number of hydrogen-bond acceptors (Lipinski definition) is 7. The number of nitrogens with zero attached hydrogens (tertiary/aromatic N) is 2. The first-order valence-corrected chi connectivity index (χ1v) is 11.5. The number of anilines is 1. The van der Waals surface area contributed by atoms with Crippen LogP contribution in [0.4, 0.5) is 23.7 Å². The number of pyridine rings is 1. The minimum Gasteiger partial charge on any atom is -0.445 e. The van der Waals surface area contributed by atoms with Crippen molar-refractivity contribution in [3.05, 3.63) is 53.7 Å². The van der Waals surface area contributed by atoms with Gasteiger partial charge in [-0.25, -0.2) is 9.78 Å². The van der Waals surface area contributed by atoms with Gasteiger partial charge in [0.1, 0.15) is 12.3 Å². The molecule has 0 radical (unpaired) electrons. The van der Waals surface area contributed by atoms with Gasteiger partial charge >= 0.3 is 21.7 Å². The molecular weight excluding hydrogens is 479 g/mol. The van der Waals surface area contributed by atoms with Crippen LogP contribution >= 0.6 is 0 Å². The summed E-state index contributed by atoms with van der Waals surface area (Å²) in [5, 5.41) is 2.65. The van der Waals surface area contributed by atoms with Gasteiger partial charge in [0.2, 0.25) is 5.91 Å². The first-order chi connectivity index (χ1) is 15.8. The van der Waals surface area contributed by atoms with Crippen LogP contribution in [-0.2, 0) is 26.3 Å². The number of amides is 2. The quantitative estimate of drug-likeness (QED) is 0.491. The van der Waals surface area contributed by atoms with E-state index in [1.54, 1.807) is 44.2 Å². The third-order valence-electron chi connectivity index (χ3n) is 5.49. The van der Waals surface area contributed by atoms with Gasteiger partial charge in [-0.3, -0.25) is 4.79 Å². The Morgan fingerprint density at radius 1 is 1.15 bits per heavy atom. The molecule has 9 nitrogen and oxygen atoms in total. The summed E-state index contributed by atoms with van der Waals surface area (Å²) in [4.78, 5) is 29.6. The number of halogens is 3. The molecule has 2 aromatic rings. The highest BCUT2D eigenvalue weighted by atomic mass is 32.2. The number of carbonyl (C=O) groups is 2. The number of carbonyl (C=O) groups excluding carboxylic acids is 2. The summed E-state index contributed by atoms with van der Waals surface area (Å²) in [6.45, 7) is 4.47. The molecular formula is C21H22F3N3O6S. The van der Waals surface area contributed by atoms with Crippen LogP contribution in [0.3, 0.4) is 0 Å². The zero-order chi connectivity index (χ0) is 25.3. The van der Waals surface area contributed by atoms with E-state index in [4.69, 9.17) is 4.74 Å². The van der Waals surface area contributed by atoms with Gasteiger partial charge in [-0.05, 0) is 18.6 Å². The summed E-state index contributed by atoms with van der Waals surface area (Å²) >= 11 is 0. The molecule has 184 valence electrons. The second-order valence-corrected chi connectivity index (χ2v) is 9.25. The average Bonchev–Trinajstić information content (AvgIpc) is 2.75. The van der Waals surface area contributed by atoms with Crippen molar-refractivity contribution in [3.63, 3.8) is 0 Å². The molecule has 1 unspecified atom stereocenters. The normalized spacial score (nSPS) is 20.3. The second-order valence-electron chi connectivity index (χ2n) is 7.71. The van der Waals surface area contributed by atoms with Crippen LogP contribution < -0.4 is 14.4 Å². The van der Waals surface area contributed by atoms with E-state index in [1.807, 2.05) is 0 Å². The van der Waals surface area contributed by atoms with E-state index in [0.29, 0.717) is 0 Å². The highest BCUT2D eigenvalue weighted by Gasteiger charge is 2.50. The number of nitrogens with one attached hydrogen (secondary N) is 1. The molecule has 1 aromatic heterocycles. The molecule has 1 aliphatic heterocycles. The molecule has 0 fully saturated rings. The summed E-state index contributed by atoms with van der Waals surface area (Å²) in [6, 6.07) is 8.73. The molecule has 3 atom stereocenters. The van der Waals surface area contributed by atoms with E-state index in [9.17, 15) is 31.2 Å². The minimum absolute atomic E-state index is 0.0235. The molecule has 1 N–H and O–H groups in total. The van der Waals surface area contributed by atoms with E-state index < -0.39 is 51.5 Å². The molecule has 2 amide bonds. The molecule has 3 rings (SSSR count). The number of aromatic nitrogens is 1. The van der Waals surface area contributed by atoms with Gasteiger partial charge in [-0.2, -0.15) is 21.6 Å². The topological polar surface area (TPSA) is 115 Å². The summed E-state index contributed by atoms with van der Waals surface area (Å²) in [7, 11) is -6.06. The Kier molecular flexibility index (Phi) is 7.05. The van der Waals surface area contributed by atoms with Crippen LogP contribution in [0.25, 0.3) is 0 Å². The fraction of sp³-hybridized carbons (Fsp3) is 0.381. The Morgan fingerprint density at radius 3 is 2.38 bits per heavy atom. The van der Waals surface area contributed by atoms with Crippen molar-refractivity contribution < 1.29 is 40.1 Å². The van der Waals surface area contributed by atoms with Crippen molar-refractivity contribution in [2.45, 2.75) is 45.0 Å². The van der Waals surface area contributed by atoms with Gasteiger partial charge in [0, 0.05) is 30.6 Å². The summed E-state index contributed by atoms with van der Waals surface area (Å²) in [5.74, 6) is -1.93. The third-order valence-corrected chi connectivity index (χ3v) is 6.43. The van der Waals surface area contributed by atoms with E-state index in [-0.39, 0.29) is 17.9 Å². The van der Waals surface area contributed by atoms with Crippen LogP contribution in [0.2, 0.25) is 0 Å². The number of ether oxygens (including phenoxy) is 1. The standard InChI is InChI=1S/C21H22F3N3O6S/c1-12-13(2)27(14(3)28)18-16(9-10-25-19(18)33-34(30,31)21(22,23)24)17(12)26-20(29)32-11-15-7-5-4-6-8-15/h4-10,12-13,17H,11H2,1-3H3,(H,26,29)/t12-,13-,17?/m0/s1. The predicted octanol–water partition coefficient (Wildman–Crippen LogP) is 3.67.